The van der Waals surface area contributed by atoms with E-state index in [0.29, 0.717) is 12.1 Å². The number of fused-ring (bicyclic) bond motifs is 1. The van der Waals surface area contributed by atoms with Crippen LogP contribution in [0.2, 0.25) is 0 Å². The Morgan fingerprint density at radius 2 is 2.26 bits per heavy atom. The molecule has 0 spiro atoms. The van der Waals surface area contributed by atoms with E-state index < -0.39 is 0 Å². The van der Waals surface area contributed by atoms with Crippen LogP contribution in [0.15, 0.2) is 18.2 Å². The Bertz CT molecular complexity index is 470. The van der Waals surface area contributed by atoms with E-state index in [1.54, 1.807) is 0 Å². The number of anilines is 1. The molecule has 1 saturated carbocycles. The Kier molecular flexibility index (Phi) is 3.27. The van der Waals surface area contributed by atoms with Crippen molar-refractivity contribution < 1.29 is 4.74 Å². The Balaban J connectivity index is 1.59. The van der Waals surface area contributed by atoms with Gasteiger partial charge in [0.25, 0.3) is 0 Å². The maximum Gasteiger partial charge on any atom is 0.0652 e. The predicted molar refractivity (Wildman–Crippen MR) is 78.5 cm³/mol. The molecule has 0 amide bonds. The average molecular weight is 260 g/mol. The Labute approximate surface area is 115 Å². The summed E-state index contributed by atoms with van der Waals surface area (Å²) in [6, 6.07) is 7.33. The lowest BCUT2D eigenvalue weighted by atomic mass is 9.64. The van der Waals surface area contributed by atoms with Gasteiger partial charge in [-0.3, -0.25) is 0 Å². The molecule has 104 valence electrons. The zero-order valence-corrected chi connectivity index (χ0v) is 12.1. The van der Waals surface area contributed by atoms with Crippen molar-refractivity contribution >= 4 is 5.69 Å². The molecule has 1 fully saturated rings. The molecule has 0 radical (unpaired) electrons. The third kappa shape index (κ3) is 2.26. The number of ether oxygens (including phenoxy) is 1. The second-order valence-corrected chi connectivity index (χ2v) is 6.38. The highest BCUT2D eigenvalue weighted by Gasteiger charge is 2.48. The molecule has 1 aliphatic carbocycles. The highest BCUT2D eigenvalue weighted by Crippen LogP contribution is 2.42. The van der Waals surface area contributed by atoms with Crippen LogP contribution in [0.3, 0.4) is 0 Å². The monoisotopic (exact) mass is 260 g/mol. The standard InChI is InChI=1S/C16H24N2O/c1-16(2)14(9-15(16)19-3)18-10-11-4-5-13-12(8-11)6-7-17-13/h4-5,8,14-15,17-18H,6-7,9-10H2,1-3H3. The molecular weight excluding hydrogens is 236 g/mol. The number of rotatable bonds is 4. The van der Waals surface area contributed by atoms with Crippen molar-refractivity contribution in [3.63, 3.8) is 0 Å². The van der Waals surface area contributed by atoms with Crippen LogP contribution < -0.4 is 10.6 Å². The molecule has 3 rings (SSSR count). The van der Waals surface area contributed by atoms with Crippen molar-refractivity contribution in [2.75, 3.05) is 19.0 Å². The molecule has 1 heterocycles. The van der Waals surface area contributed by atoms with E-state index in [1.807, 2.05) is 7.11 Å². The van der Waals surface area contributed by atoms with E-state index in [-0.39, 0.29) is 5.41 Å². The third-order valence-electron chi connectivity index (χ3n) is 4.89. The summed E-state index contributed by atoms with van der Waals surface area (Å²) in [5.41, 5.74) is 4.40. The van der Waals surface area contributed by atoms with Crippen LogP contribution in [-0.2, 0) is 17.7 Å². The van der Waals surface area contributed by atoms with Crippen molar-refractivity contribution in [2.45, 2.75) is 45.4 Å². The van der Waals surface area contributed by atoms with Crippen LogP contribution in [0.5, 0.6) is 0 Å². The minimum Gasteiger partial charge on any atom is -0.384 e. The summed E-state index contributed by atoms with van der Waals surface area (Å²) in [6.07, 6.45) is 2.68. The summed E-state index contributed by atoms with van der Waals surface area (Å²) in [5, 5.41) is 7.08. The van der Waals surface area contributed by atoms with Crippen LogP contribution in [0.25, 0.3) is 0 Å². The Morgan fingerprint density at radius 3 is 3.00 bits per heavy atom. The quantitative estimate of drug-likeness (QED) is 0.873. The lowest BCUT2D eigenvalue weighted by Crippen LogP contribution is -2.60. The summed E-state index contributed by atoms with van der Waals surface area (Å²) in [7, 11) is 1.82. The van der Waals surface area contributed by atoms with Gasteiger partial charge in [-0.1, -0.05) is 26.0 Å². The van der Waals surface area contributed by atoms with Crippen LogP contribution in [0.4, 0.5) is 5.69 Å². The number of benzene rings is 1. The predicted octanol–water partition coefficient (Wildman–Crippen LogP) is 2.56. The summed E-state index contributed by atoms with van der Waals surface area (Å²) in [5.74, 6) is 0. The van der Waals surface area contributed by atoms with Gasteiger partial charge < -0.3 is 15.4 Å². The molecule has 2 atom stereocenters. The van der Waals surface area contributed by atoms with Gasteiger partial charge in [-0.15, -0.1) is 0 Å². The molecule has 0 bridgehead atoms. The lowest BCUT2D eigenvalue weighted by molar-refractivity contribution is -0.0979. The van der Waals surface area contributed by atoms with Gasteiger partial charge in [-0.25, -0.2) is 0 Å². The van der Waals surface area contributed by atoms with Crippen molar-refractivity contribution in [3.05, 3.63) is 29.3 Å². The van der Waals surface area contributed by atoms with Gasteiger partial charge in [-0.2, -0.15) is 0 Å². The summed E-state index contributed by atoms with van der Waals surface area (Å²) >= 11 is 0. The highest BCUT2D eigenvalue weighted by atomic mass is 16.5. The zero-order chi connectivity index (χ0) is 13.5. The molecule has 0 aromatic heterocycles. The molecule has 1 aliphatic heterocycles. The maximum atomic E-state index is 5.50. The van der Waals surface area contributed by atoms with Crippen molar-refractivity contribution in [2.24, 2.45) is 5.41 Å². The topological polar surface area (TPSA) is 33.3 Å². The van der Waals surface area contributed by atoms with Gasteiger partial charge in [0.1, 0.15) is 0 Å². The molecule has 0 saturated heterocycles. The van der Waals surface area contributed by atoms with Crippen LogP contribution in [0.1, 0.15) is 31.4 Å². The first-order valence-electron chi connectivity index (χ1n) is 7.23. The zero-order valence-electron chi connectivity index (χ0n) is 12.1. The third-order valence-corrected chi connectivity index (χ3v) is 4.89. The summed E-state index contributed by atoms with van der Waals surface area (Å²) in [4.78, 5) is 0. The molecule has 3 heteroatoms. The van der Waals surface area contributed by atoms with E-state index in [4.69, 9.17) is 4.74 Å². The minimum absolute atomic E-state index is 0.243. The highest BCUT2D eigenvalue weighted by molar-refractivity contribution is 5.56. The number of nitrogens with one attached hydrogen (secondary N) is 2. The Morgan fingerprint density at radius 1 is 1.42 bits per heavy atom. The summed E-state index contributed by atoms with van der Waals surface area (Å²) in [6.45, 7) is 6.61. The molecule has 19 heavy (non-hydrogen) atoms. The first kappa shape index (κ1) is 12.9. The molecule has 1 aromatic carbocycles. The van der Waals surface area contributed by atoms with Crippen molar-refractivity contribution in [3.8, 4) is 0 Å². The largest absolute Gasteiger partial charge is 0.384 e. The van der Waals surface area contributed by atoms with Crippen LogP contribution >= 0.6 is 0 Å². The molecule has 2 N–H and O–H groups in total. The van der Waals surface area contributed by atoms with E-state index in [1.165, 1.54) is 16.8 Å². The first-order chi connectivity index (χ1) is 9.11. The van der Waals surface area contributed by atoms with Gasteiger partial charge in [-0.05, 0) is 30.0 Å². The van der Waals surface area contributed by atoms with Gasteiger partial charge >= 0.3 is 0 Å². The number of methoxy groups -OCH3 is 1. The fourth-order valence-electron chi connectivity index (χ4n) is 3.34. The fraction of sp³-hybridized carbons (Fsp3) is 0.625. The SMILES string of the molecule is COC1CC(NCc2ccc3c(c2)CCN3)C1(C)C. The van der Waals surface area contributed by atoms with E-state index in [0.717, 1.165) is 25.9 Å². The lowest BCUT2D eigenvalue weighted by Gasteiger charge is -2.51. The van der Waals surface area contributed by atoms with Crippen LogP contribution in [-0.4, -0.2) is 25.8 Å². The summed E-state index contributed by atoms with van der Waals surface area (Å²) < 4.78 is 5.50. The van der Waals surface area contributed by atoms with Gasteiger partial charge in [0.05, 0.1) is 6.10 Å². The molecule has 1 aromatic rings. The molecular formula is C16H24N2O. The smallest absolute Gasteiger partial charge is 0.0652 e. The van der Waals surface area contributed by atoms with E-state index >= 15 is 0 Å². The van der Waals surface area contributed by atoms with Crippen molar-refractivity contribution in [1.29, 1.82) is 0 Å². The normalized spacial score (nSPS) is 27.5. The van der Waals surface area contributed by atoms with E-state index in [9.17, 15) is 0 Å². The average Bonchev–Trinajstić information content (AvgIpc) is 2.85. The molecule has 3 nitrogen and oxygen atoms in total. The number of hydrogen-bond acceptors (Lipinski definition) is 3. The molecule has 2 aliphatic rings. The van der Waals surface area contributed by atoms with Gasteiger partial charge in [0, 0.05) is 37.3 Å². The van der Waals surface area contributed by atoms with Gasteiger partial charge in [0.15, 0.2) is 0 Å². The first-order valence-corrected chi connectivity index (χ1v) is 7.23. The second-order valence-electron chi connectivity index (χ2n) is 6.38. The fourth-order valence-corrected chi connectivity index (χ4v) is 3.34. The van der Waals surface area contributed by atoms with Gasteiger partial charge in [0.2, 0.25) is 0 Å². The van der Waals surface area contributed by atoms with Crippen molar-refractivity contribution in [1.82, 2.24) is 5.32 Å². The van der Waals surface area contributed by atoms with E-state index in [2.05, 4.69) is 42.7 Å². The minimum atomic E-state index is 0.243. The molecule has 2 unspecified atom stereocenters. The second kappa shape index (κ2) is 4.80. The number of hydrogen-bond donors (Lipinski definition) is 2. The maximum absolute atomic E-state index is 5.50. The van der Waals surface area contributed by atoms with Crippen LogP contribution in [0, 0.1) is 5.41 Å². The Hall–Kier alpha value is -1.06.